The van der Waals surface area contributed by atoms with E-state index in [0.29, 0.717) is 28.7 Å². The van der Waals surface area contributed by atoms with Crippen LogP contribution in [0.3, 0.4) is 0 Å². The number of ether oxygens (including phenoxy) is 1. The van der Waals surface area contributed by atoms with Gasteiger partial charge in [-0.3, -0.25) is 4.57 Å². The van der Waals surface area contributed by atoms with E-state index in [0.717, 1.165) is 0 Å². The van der Waals surface area contributed by atoms with Crippen LogP contribution < -0.4 is 15.2 Å². The largest absolute Gasteiger partial charge is 0.750 e. The number of aliphatic hydroxyl groups excluding tert-OH is 1. The molecule has 32 heavy (non-hydrogen) atoms. The fraction of sp³-hybridized carbons (Fsp3) is 0.421. The summed E-state index contributed by atoms with van der Waals surface area (Å²) >= 11 is 0. The van der Waals surface area contributed by atoms with Crippen molar-refractivity contribution in [1.29, 1.82) is 0 Å². The van der Waals surface area contributed by atoms with Crippen LogP contribution in [-0.2, 0) is 13.8 Å². The third-order valence-electron chi connectivity index (χ3n) is 5.13. The maximum absolute atomic E-state index is 15.1. The van der Waals surface area contributed by atoms with Crippen LogP contribution in [0.2, 0.25) is 0 Å². The third kappa shape index (κ3) is 4.09. The van der Waals surface area contributed by atoms with Gasteiger partial charge < -0.3 is 20.5 Å². The lowest BCUT2D eigenvalue weighted by Crippen LogP contribution is -2.42. The van der Waals surface area contributed by atoms with E-state index >= 15 is 4.39 Å². The van der Waals surface area contributed by atoms with Gasteiger partial charge in [0.15, 0.2) is 35.1 Å². The molecule has 3 N–H and O–H groups in total. The highest BCUT2D eigenvalue weighted by molar-refractivity contribution is 7.33. The molecule has 0 radical (unpaired) electrons. The molecule has 4 rings (SSSR count). The van der Waals surface area contributed by atoms with Crippen LogP contribution >= 0.6 is 8.25 Å². The molecule has 2 aromatic heterocycles. The monoisotopic (exact) mass is 465 g/mol. The van der Waals surface area contributed by atoms with Crippen molar-refractivity contribution < 1.29 is 27.8 Å². The molecule has 0 spiro atoms. The average Bonchev–Trinajstić information content (AvgIpc) is 3.32. The minimum Gasteiger partial charge on any atom is -0.387 e. The van der Waals surface area contributed by atoms with Crippen LogP contribution in [0, 0.1) is 0 Å². The minimum absolute atomic E-state index is 0.304. The first-order valence-corrected chi connectivity index (χ1v) is 10.9. The number of hydrogen-bond acceptors (Lipinski definition) is 10. The first kappa shape index (κ1) is 22.3. The summed E-state index contributed by atoms with van der Waals surface area (Å²) in [5.74, 6) is 1.12. The Kier molecular flexibility index (Phi) is 6.20. The number of nitrogens with zero attached hydrogens (tertiary/aromatic N) is 4. The number of para-hydroxylation sites is 1. The van der Waals surface area contributed by atoms with Gasteiger partial charge in [-0.05, 0) is 19.1 Å². The summed E-state index contributed by atoms with van der Waals surface area (Å²) in [6.45, 7) is 1.11. The van der Waals surface area contributed by atoms with E-state index in [1.807, 2.05) is 0 Å². The second kappa shape index (κ2) is 8.91. The Balaban J connectivity index is 1.53. The fourth-order valence-electron chi connectivity index (χ4n) is 3.40. The standard InChI is InChI=1S/C19H23FN6O5P/c1-19(9-29-32(28)31-11-7-5-4-6-8-11)14(27)12(20)17(30-19)26-10-23-13-15(21-2)24-18(22-3)25-16(13)26/h4-8,10,12,14,17,27H,9H2,1-3H3,(H2,21,22,24,25)/q+1/t12-,14+,17-,19-/m1/s1. The summed E-state index contributed by atoms with van der Waals surface area (Å²) in [4.78, 5) is 12.9. The van der Waals surface area contributed by atoms with Gasteiger partial charge in [0, 0.05) is 18.7 Å². The van der Waals surface area contributed by atoms with Crippen molar-refractivity contribution >= 4 is 31.2 Å². The number of rotatable bonds is 8. The first-order chi connectivity index (χ1) is 15.4. The Labute approximate surface area is 183 Å². The highest BCUT2D eigenvalue weighted by Gasteiger charge is 2.55. The maximum Gasteiger partial charge on any atom is 0.750 e. The average molecular weight is 465 g/mol. The van der Waals surface area contributed by atoms with Gasteiger partial charge in [-0.2, -0.15) is 9.97 Å². The van der Waals surface area contributed by atoms with E-state index in [4.69, 9.17) is 13.8 Å². The Bertz CT molecular complexity index is 1120. The van der Waals surface area contributed by atoms with Crippen molar-refractivity contribution in [3.8, 4) is 5.75 Å². The number of anilines is 2. The van der Waals surface area contributed by atoms with Crippen LogP contribution in [0.15, 0.2) is 36.7 Å². The van der Waals surface area contributed by atoms with E-state index in [-0.39, 0.29) is 6.61 Å². The van der Waals surface area contributed by atoms with E-state index in [2.05, 4.69) is 25.6 Å². The molecule has 0 saturated carbocycles. The number of benzene rings is 1. The molecule has 1 aliphatic heterocycles. The number of fused-ring (bicyclic) bond motifs is 1. The Morgan fingerprint density at radius 1 is 1.28 bits per heavy atom. The molecular weight excluding hydrogens is 442 g/mol. The molecule has 5 atom stereocenters. The molecule has 11 nitrogen and oxygen atoms in total. The number of imidazole rings is 1. The maximum atomic E-state index is 15.1. The lowest BCUT2D eigenvalue weighted by atomic mass is 9.99. The smallest absolute Gasteiger partial charge is 0.387 e. The van der Waals surface area contributed by atoms with Gasteiger partial charge in [0.1, 0.15) is 18.3 Å². The van der Waals surface area contributed by atoms with Crippen LogP contribution in [-0.4, -0.2) is 63.2 Å². The van der Waals surface area contributed by atoms with E-state index in [9.17, 15) is 9.67 Å². The summed E-state index contributed by atoms with van der Waals surface area (Å²) in [5, 5.41) is 16.3. The molecule has 1 aromatic carbocycles. The highest BCUT2D eigenvalue weighted by atomic mass is 31.1. The molecule has 0 bridgehead atoms. The zero-order chi connectivity index (χ0) is 22.9. The quantitative estimate of drug-likeness (QED) is 0.427. The molecule has 3 aromatic rings. The molecule has 1 aliphatic rings. The Hall–Kier alpha value is -2.92. The zero-order valence-corrected chi connectivity index (χ0v) is 18.5. The van der Waals surface area contributed by atoms with E-state index < -0.39 is 32.4 Å². The van der Waals surface area contributed by atoms with Crippen molar-refractivity contribution in [2.45, 2.75) is 31.0 Å². The molecule has 13 heteroatoms. The number of nitrogens with one attached hydrogen (secondary N) is 2. The van der Waals surface area contributed by atoms with Crippen LogP contribution in [0.4, 0.5) is 16.2 Å². The van der Waals surface area contributed by atoms with Crippen molar-refractivity contribution in [3.05, 3.63) is 36.7 Å². The van der Waals surface area contributed by atoms with Gasteiger partial charge in [0.25, 0.3) is 0 Å². The molecule has 3 heterocycles. The number of hydrogen-bond donors (Lipinski definition) is 3. The predicted octanol–water partition coefficient (Wildman–Crippen LogP) is 2.65. The second-order valence-electron chi connectivity index (χ2n) is 7.33. The number of alkyl halides is 1. The van der Waals surface area contributed by atoms with E-state index in [1.54, 1.807) is 44.4 Å². The molecule has 1 saturated heterocycles. The fourth-order valence-corrected chi connectivity index (χ4v) is 4.10. The highest BCUT2D eigenvalue weighted by Crippen LogP contribution is 2.42. The van der Waals surface area contributed by atoms with Crippen molar-refractivity contribution in [3.63, 3.8) is 0 Å². The SMILES string of the molecule is CNc1nc(NC)c2ncn([C@@H]3O[C@](C)(CO[P+](=O)Oc4ccccc4)[C@@H](O)[C@H]3F)c2n1. The lowest BCUT2D eigenvalue weighted by molar-refractivity contribution is -0.110. The minimum atomic E-state index is -2.56. The molecule has 0 aliphatic carbocycles. The van der Waals surface area contributed by atoms with Gasteiger partial charge in [-0.15, -0.1) is 4.52 Å². The number of aliphatic hydroxyl groups is 1. The topological polar surface area (TPSA) is 133 Å². The van der Waals surface area contributed by atoms with Gasteiger partial charge in [0.05, 0.1) is 6.33 Å². The zero-order valence-electron chi connectivity index (χ0n) is 17.6. The van der Waals surface area contributed by atoms with Crippen LogP contribution in [0.1, 0.15) is 13.2 Å². The molecule has 1 unspecified atom stereocenters. The van der Waals surface area contributed by atoms with Crippen molar-refractivity contribution in [2.75, 3.05) is 31.3 Å². The second-order valence-corrected chi connectivity index (χ2v) is 8.22. The summed E-state index contributed by atoms with van der Waals surface area (Å²) < 4.78 is 45.0. The Morgan fingerprint density at radius 2 is 2.03 bits per heavy atom. The van der Waals surface area contributed by atoms with Crippen LogP contribution in [0.25, 0.3) is 11.2 Å². The van der Waals surface area contributed by atoms with Gasteiger partial charge >= 0.3 is 8.25 Å². The first-order valence-electron chi connectivity index (χ1n) is 9.79. The van der Waals surface area contributed by atoms with Gasteiger partial charge in [0.2, 0.25) is 5.95 Å². The third-order valence-corrected chi connectivity index (χ3v) is 5.83. The summed E-state index contributed by atoms with van der Waals surface area (Å²) in [5.41, 5.74) is -0.755. The van der Waals surface area contributed by atoms with E-state index in [1.165, 1.54) is 17.8 Å². The summed E-state index contributed by atoms with van der Waals surface area (Å²) in [6, 6.07) is 8.48. The van der Waals surface area contributed by atoms with Gasteiger partial charge in [-0.25, -0.2) is 13.9 Å². The molecule has 0 amide bonds. The van der Waals surface area contributed by atoms with Crippen molar-refractivity contribution in [1.82, 2.24) is 19.5 Å². The number of aromatic nitrogens is 4. The molecular formula is C19H23FN6O5P+. The lowest BCUT2D eigenvalue weighted by Gasteiger charge is -2.24. The summed E-state index contributed by atoms with van der Waals surface area (Å²) in [7, 11) is 0.778. The Morgan fingerprint density at radius 3 is 2.72 bits per heavy atom. The summed E-state index contributed by atoms with van der Waals surface area (Å²) in [6.07, 6.45) is -3.24. The van der Waals surface area contributed by atoms with Gasteiger partial charge in [-0.1, -0.05) is 18.2 Å². The van der Waals surface area contributed by atoms with Crippen molar-refractivity contribution in [2.24, 2.45) is 0 Å². The van der Waals surface area contributed by atoms with Crippen LogP contribution in [0.5, 0.6) is 5.75 Å². The molecule has 1 fully saturated rings. The normalized spacial score (nSPS) is 25.7. The molecule has 170 valence electrons. The number of halogens is 1. The predicted molar refractivity (Wildman–Crippen MR) is 114 cm³/mol.